The van der Waals surface area contributed by atoms with Crippen molar-refractivity contribution in [2.45, 2.75) is 26.0 Å². The van der Waals surface area contributed by atoms with Crippen molar-refractivity contribution in [2.24, 2.45) is 0 Å². The van der Waals surface area contributed by atoms with E-state index < -0.39 is 29.6 Å². The van der Waals surface area contributed by atoms with Crippen molar-refractivity contribution in [1.82, 2.24) is 14.9 Å². The van der Waals surface area contributed by atoms with Crippen molar-refractivity contribution in [3.05, 3.63) is 83.9 Å². The van der Waals surface area contributed by atoms with Gasteiger partial charge in [0, 0.05) is 24.3 Å². The van der Waals surface area contributed by atoms with Crippen LogP contribution in [0.5, 0.6) is 11.5 Å². The molecule has 1 heterocycles. The number of amides is 2. The van der Waals surface area contributed by atoms with E-state index >= 15 is 0 Å². The van der Waals surface area contributed by atoms with E-state index in [1.807, 2.05) is 0 Å². The Kier molecular flexibility index (Phi) is 9.53. The first-order valence-corrected chi connectivity index (χ1v) is 13.1. The predicted octanol–water partition coefficient (Wildman–Crippen LogP) is 5.60. The summed E-state index contributed by atoms with van der Waals surface area (Å²) in [5.41, 5.74) is 2.10. The zero-order chi connectivity index (χ0) is 30.4. The number of H-pyrrole nitrogens is 1. The largest absolute Gasteiger partial charge is 0.493 e. The Morgan fingerprint density at radius 2 is 1.48 bits per heavy atom. The summed E-state index contributed by atoms with van der Waals surface area (Å²) in [4.78, 5) is 36.1. The number of hydrogen-bond donors (Lipinski definition) is 2. The lowest BCUT2D eigenvalue weighted by molar-refractivity contribution is -0.146. The summed E-state index contributed by atoms with van der Waals surface area (Å²) in [5, 5.41) is 2.78. The van der Waals surface area contributed by atoms with Crippen LogP contribution in [-0.2, 0) is 14.3 Å². The van der Waals surface area contributed by atoms with Crippen molar-refractivity contribution in [3.8, 4) is 34.1 Å². The van der Waals surface area contributed by atoms with E-state index in [0.717, 1.165) is 0 Å². The number of rotatable bonds is 11. The summed E-state index contributed by atoms with van der Waals surface area (Å²) in [6.45, 7) is 3.28. The Balaban J connectivity index is 1.60. The minimum atomic E-state index is -1.01. The molecule has 0 aliphatic carbocycles. The molecular formula is C31H32F2N4O5. The molecule has 2 N–H and O–H groups in total. The molecule has 11 heteroatoms. The third-order valence-corrected chi connectivity index (χ3v) is 6.60. The van der Waals surface area contributed by atoms with Crippen molar-refractivity contribution < 1.29 is 32.6 Å². The van der Waals surface area contributed by atoms with E-state index in [1.165, 1.54) is 50.5 Å². The maximum absolute atomic E-state index is 13.7. The lowest BCUT2D eigenvalue weighted by atomic mass is 10.1. The topological polar surface area (TPSA) is 106 Å². The number of anilines is 1. The number of imidazole rings is 1. The number of hydrogen-bond acceptors (Lipinski definition) is 6. The Morgan fingerprint density at radius 1 is 0.881 bits per heavy atom. The minimum Gasteiger partial charge on any atom is -0.493 e. The standard InChI is InChI=1S/C31H32F2N4O5/c1-18(2)37(31(39)28(42-5)21-10-15-24(40-3)25(16-21)41-4)17-26(38)34-30-27(19-6-11-22(32)12-7-19)35-29(36-30)20-8-13-23(33)14-9-20/h6-16,18,28H,17H2,1-5H3,(H,34,38)(H,35,36). The molecule has 1 unspecified atom stereocenters. The first-order chi connectivity index (χ1) is 20.1. The number of halogens is 2. The van der Waals surface area contributed by atoms with E-state index in [1.54, 1.807) is 56.3 Å². The third-order valence-electron chi connectivity index (χ3n) is 6.60. The monoisotopic (exact) mass is 578 g/mol. The second kappa shape index (κ2) is 13.3. The molecule has 0 aliphatic heterocycles. The normalized spacial score (nSPS) is 11.7. The number of nitrogens with one attached hydrogen (secondary N) is 2. The van der Waals surface area contributed by atoms with E-state index in [-0.39, 0.29) is 18.4 Å². The van der Waals surface area contributed by atoms with Gasteiger partial charge >= 0.3 is 0 Å². The van der Waals surface area contributed by atoms with Gasteiger partial charge in [0.05, 0.1) is 19.9 Å². The number of carbonyl (C=O) groups is 2. The molecule has 42 heavy (non-hydrogen) atoms. The van der Waals surface area contributed by atoms with Gasteiger partial charge in [-0.25, -0.2) is 13.8 Å². The molecule has 4 rings (SSSR count). The van der Waals surface area contributed by atoms with Crippen LogP contribution in [0.3, 0.4) is 0 Å². The van der Waals surface area contributed by atoms with E-state index in [4.69, 9.17) is 14.2 Å². The quantitative estimate of drug-likeness (QED) is 0.240. The SMILES string of the molecule is COc1ccc(C(OC)C(=O)N(CC(=O)Nc2nc(-c3ccc(F)cc3)[nH]c2-c2ccc(F)cc2)C(C)C)cc1OC. The highest BCUT2D eigenvalue weighted by Gasteiger charge is 2.30. The second-order valence-electron chi connectivity index (χ2n) is 9.66. The van der Waals surface area contributed by atoms with Crippen molar-refractivity contribution in [1.29, 1.82) is 0 Å². The third kappa shape index (κ3) is 6.74. The highest BCUT2D eigenvalue weighted by molar-refractivity contribution is 5.97. The number of benzene rings is 3. The molecule has 4 aromatic rings. The Labute approximate surface area is 242 Å². The van der Waals surface area contributed by atoms with E-state index in [9.17, 15) is 18.4 Å². The lowest BCUT2D eigenvalue weighted by Gasteiger charge is -2.30. The zero-order valence-electron chi connectivity index (χ0n) is 23.9. The molecule has 1 atom stereocenters. The van der Waals surface area contributed by atoms with Gasteiger partial charge in [-0.3, -0.25) is 9.59 Å². The molecule has 3 aromatic carbocycles. The van der Waals surface area contributed by atoms with Gasteiger partial charge in [0.2, 0.25) is 5.91 Å². The summed E-state index contributed by atoms with van der Waals surface area (Å²) in [6.07, 6.45) is -1.01. The fourth-order valence-corrected chi connectivity index (χ4v) is 4.42. The van der Waals surface area contributed by atoms with Crippen molar-refractivity contribution >= 4 is 17.6 Å². The van der Waals surface area contributed by atoms with Crippen molar-refractivity contribution in [2.75, 3.05) is 33.2 Å². The molecule has 1 aromatic heterocycles. The van der Waals surface area contributed by atoms with Crippen LogP contribution >= 0.6 is 0 Å². The number of ether oxygens (including phenoxy) is 3. The molecule has 0 bridgehead atoms. The maximum atomic E-state index is 13.7. The van der Waals surface area contributed by atoms with E-state index in [0.29, 0.717) is 39.7 Å². The summed E-state index contributed by atoms with van der Waals surface area (Å²) < 4.78 is 43.3. The number of carbonyl (C=O) groups excluding carboxylic acids is 2. The van der Waals surface area contributed by atoms with Crippen LogP contribution in [-0.4, -0.2) is 60.6 Å². The van der Waals surface area contributed by atoms with Crippen LogP contribution in [0.25, 0.3) is 22.6 Å². The Morgan fingerprint density at radius 3 is 2.02 bits per heavy atom. The van der Waals surface area contributed by atoms with Crippen LogP contribution in [0.2, 0.25) is 0 Å². The average molecular weight is 579 g/mol. The fourth-order valence-electron chi connectivity index (χ4n) is 4.42. The molecule has 0 saturated heterocycles. The molecule has 220 valence electrons. The van der Waals surface area contributed by atoms with E-state index in [2.05, 4.69) is 15.3 Å². The Hall–Kier alpha value is -4.77. The first kappa shape index (κ1) is 30.2. The van der Waals surface area contributed by atoms with Gasteiger partial charge in [0.1, 0.15) is 24.0 Å². The summed E-state index contributed by atoms with van der Waals surface area (Å²) in [7, 11) is 4.42. The van der Waals surface area contributed by atoms with Gasteiger partial charge in [-0.1, -0.05) is 6.07 Å². The maximum Gasteiger partial charge on any atom is 0.257 e. The zero-order valence-corrected chi connectivity index (χ0v) is 23.9. The van der Waals surface area contributed by atoms with Gasteiger partial charge < -0.3 is 29.4 Å². The molecule has 0 aliphatic rings. The van der Waals surface area contributed by atoms with Crippen LogP contribution in [0.4, 0.5) is 14.6 Å². The van der Waals surface area contributed by atoms with Gasteiger partial charge in [0.15, 0.2) is 23.4 Å². The van der Waals surface area contributed by atoms with Gasteiger partial charge in [-0.15, -0.1) is 0 Å². The first-order valence-electron chi connectivity index (χ1n) is 13.1. The van der Waals surface area contributed by atoms with Gasteiger partial charge in [-0.05, 0) is 80.1 Å². The van der Waals surface area contributed by atoms with Crippen molar-refractivity contribution in [3.63, 3.8) is 0 Å². The number of aromatic nitrogens is 2. The van der Waals surface area contributed by atoms with Gasteiger partial charge in [-0.2, -0.15) is 0 Å². The Bertz CT molecular complexity index is 1540. The molecule has 9 nitrogen and oxygen atoms in total. The summed E-state index contributed by atoms with van der Waals surface area (Å²) in [5.74, 6) is -0.293. The average Bonchev–Trinajstić information content (AvgIpc) is 3.40. The van der Waals surface area contributed by atoms with Crippen LogP contribution in [0.15, 0.2) is 66.7 Å². The highest BCUT2D eigenvalue weighted by Crippen LogP contribution is 2.33. The summed E-state index contributed by atoms with van der Waals surface area (Å²) in [6, 6.07) is 16.0. The lowest BCUT2D eigenvalue weighted by Crippen LogP contribution is -2.45. The number of methoxy groups -OCH3 is 3. The molecular weight excluding hydrogens is 546 g/mol. The molecule has 0 fully saturated rings. The smallest absolute Gasteiger partial charge is 0.257 e. The predicted molar refractivity (Wildman–Crippen MR) is 154 cm³/mol. The number of aromatic amines is 1. The molecule has 0 spiro atoms. The molecule has 0 saturated carbocycles. The fraction of sp³-hybridized carbons (Fsp3) is 0.258. The minimum absolute atomic E-state index is 0.172. The molecule has 0 radical (unpaired) electrons. The van der Waals surface area contributed by atoms with Gasteiger partial charge in [0.25, 0.3) is 5.91 Å². The number of nitrogens with zero attached hydrogens (tertiary/aromatic N) is 2. The van der Waals surface area contributed by atoms with Crippen LogP contribution in [0.1, 0.15) is 25.5 Å². The highest BCUT2D eigenvalue weighted by atomic mass is 19.1. The van der Waals surface area contributed by atoms with Crippen LogP contribution < -0.4 is 14.8 Å². The summed E-state index contributed by atoms with van der Waals surface area (Å²) >= 11 is 0. The molecule has 2 amide bonds. The van der Waals surface area contributed by atoms with Crippen LogP contribution in [0, 0.1) is 11.6 Å². The second-order valence-corrected chi connectivity index (χ2v) is 9.66.